The molecule has 1 aliphatic rings. The summed E-state index contributed by atoms with van der Waals surface area (Å²) in [5, 5.41) is 18.2. The number of carboxylic acid groups (broad SMARTS) is 2. The molecule has 1 unspecified atom stereocenters. The Bertz CT molecular complexity index is 819. The highest BCUT2D eigenvalue weighted by atomic mass is 32.2. The molecule has 0 aromatic heterocycles. The average molecular weight is 394 g/mol. The van der Waals surface area contributed by atoms with Crippen LogP contribution in [0.4, 0.5) is 0 Å². The molecule has 2 amide bonds. The van der Waals surface area contributed by atoms with Crippen LogP contribution < -0.4 is 5.73 Å². The summed E-state index contributed by atoms with van der Waals surface area (Å²) in [6, 6.07) is 4.55. The first-order valence-corrected chi connectivity index (χ1v) is 8.54. The van der Waals surface area contributed by atoms with Crippen molar-refractivity contribution < 1.29 is 29.4 Å². The summed E-state index contributed by atoms with van der Waals surface area (Å²) < 4.78 is 0.0697. The Morgan fingerprint density at radius 3 is 2.35 bits per heavy atom. The van der Waals surface area contributed by atoms with Crippen LogP contribution in [-0.2, 0) is 14.4 Å². The summed E-state index contributed by atoms with van der Waals surface area (Å²) in [5.41, 5.74) is 5.72. The third kappa shape index (κ3) is 4.46. The van der Waals surface area contributed by atoms with Gasteiger partial charge in [0.05, 0.1) is 10.5 Å². The molecule has 0 saturated carbocycles. The molecular formula is C16H14N2O6S2. The van der Waals surface area contributed by atoms with Crippen molar-refractivity contribution >= 4 is 58.1 Å². The minimum absolute atomic E-state index is 0.0697. The molecular weight excluding hydrogens is 380 g/mol. The molecule has 1 atom stereocenters. The predicted octanol–water partition coefficient (Wildman–Crippen LogP) is 1.30. The number of hydrogen-bond donors (Lipinski definition) is 3. The van der Waals surface area contributed by atoms with E-state index >= 15 is 0 Å². The van der Waals surface area contributed by atoms with Gasteiger partial charge in [-0.25, -0.2) is 9.59 Å². The van der Waals surface area contributed by atoms with Gasteiger partial charge < -0.3 is 15.9 Å². The minimum Gasteiger partial charge on any atom is -0.480 e. The van der Waals surface area contributed by atoms with E-state index in [-0.39, 0.29) is 27.6 Å². The number of aromatic carboxylic acids is 1. The standard InChI is InChI=1S/C16H14N2O6S2/c17-12(19)6-5-10(15(23)24)18-13(20)11(26-16(18)25)7-8-1-3-9(4-2-8)14(21)22/h1-4,7,10H,5-6H2,(H2,17,19)(H,21,22)(H,23,24)/b11-7-. The highest BCUT2D eigenvalue weighted by Gasteiger charge is 2.40. The lowest BCUT2D eigenvalue weighted by molar-refractivity contribution is -0.145. The van der Waals surface area contributed by atoms with Crippen molar-refractivity contribution in [3.05, 3.63) is 40.3 Å². The lowest BCUT2D eigenvalue weighted by Crippen LogP contribution is -2.44. The topological polar surface area (TPSA) is 138 Å². The van der Waals surface area contributed by atoms with E-state index in [9.17, 15) is 24.3 Å². The van der Waals surface area contributed by atoms with E-state index in [1.165, 1.54) is 30.3 Å². The van der Waals surface area contributed by atoms with Crippen molar-refractivity contribution in [2.45, 2.75) is 18.9 Å². The maximum Gasteiger partial charge on any atom is 0.335 e. The largest absolute Gasteiger partial charge is 0.480 e. The zero-order valence-corrected chi connectivity index (χ0v) is 14.9. The zero-order chi connectivity index (χ0) is 19.4. The number of thiocarbonyl (C=S) groups is 1. The number of benzene rings is 1. The Kier molecular flexibility index (Phi) is 6.11. The highest BCUT2D eigenvalue weighted by Crippen LogP contribution is 2.34. The number of nitrogens with two attached hydrogens (primary N) is 1. The van der Waals surface area contributed by atoms with Crippen molar-refractivity contribution in [3.8, 4) is 0 Å². The lowest BCUT2D eigenvalue weighted by Gasteiger charge is -2.22. The first kappa shape index (κ1) is 19.6. The Balaban J connectivity index is 2.24. The van der Waals surface area contributed by atoms with Crippen LogP contribution in [0.3, 0.4) is 0 Å². The van der Waals surface area contributed by atoms with E-state index in [0.29, 0.717) is 5.56 Å². The molecule has 10 heteroatoms. The SMILES string of the molecule is NC(=O)CCC(C(=O)O)N1C(=O)/C(=C/c2ccc(C(=O)O)cc2)SC1=S. The van der Waals surface area contributed by atoms with Gasteiger partial charge in [0.25, 0.3) is 5.91 Å². The molecule has 0 spiro atoms. The summed E-state index contributed by atoms with van der Waals surface area (Å²) in [6.07, 6.45) is 1.17. The first-order valence-electron chi connectivity index (χ1n) is 7.32. The number of carboxylic acids is 2. The van der Waals surface area contributed by atoms with Crippen LogP contribution >= 0.6 is 24.0 Å². The van der Waals surface area contributed by atoms with Gasteiger partial charge in [-0.2, -0.15) is 0 Å². The van der Waals surface area contributed by atoms with Crippen LogP contribution in [0.25, 0.3) is 6.08 Å². The van der Waals surface area contributed by atoms with Crippen molar-refractivity contribution in [1.82, 2.24) is 4.90 Å². The maximum absolute atomic E-state index is 12.6. The molecule has 1 aromatic rings. The highest BCUT2D eigenvalue weighted by molar-refractivity contribution is 8.26. The molecule has 8 nitrogen and oxygen atoms in total. The van der Waals surface area contributed by atoms with E-state index in [1.807, 2.05) is 0 Å². The third-order valence-electron chi connectivity index (χ3n) is 3.54. The molecule has 0 aliphatic carbocycles. The van der Waals surface area contributed by atoms with E-state index in [4.69, 9.17) is 23.1 Å². The monoisotopic (exact) mass is 394 g/mol. The first-order chi connectivity index (χ1) is 12.2. The van der Waals surface area contributed by atoms with E-state index in [2.05, 4.69) is 0 Å². The quantitative estimate of drug-likeness (QED) is 0.465. The molecule has 26 heavy (non-hydrogen) atoms. The fourth-order valence-electron chi connectivity index (χ4n) is 2.26. The second kappa shape index (κ2) is 8.11. The smallest absolute Gasteiger partial charge is 0.335 e. The third-order valence-corrected chi connectivity index (χ3v) is 4.87. The van der Waals surface area contributed by atoms with Gasteiger partial charge >= 0.3 is 11.9 Å². The summed E-state index contributed by atoms with van der Waals surface area (Å²) in [7, 11) is 0. The van der Waals surface area contributed by atoms with Crippen molar-refractivity contribution in [2.24, 2.45) is 5.73 Å². The number of rotatable bonds is 7. The number of carbonyl (C=O) groups excluding carboxylic acids is 2. The summed E-state index contributed by atoms with van der Waals surface area (Å²) in [6.45, 7) is 0. The van der Waals surface area contributed by atoms with E-state index in [0.717, 1.165) is 16.7 Å². The zero-order valence-electron chi connectivity index (χ0n) is 13.2. The van der Waals surface area contributed by atoms with E-state index in [1.54, 1.807) is 0 Å². The van der Waals surface area contributed by atoms with Gasteiger partial charge in [0.15, 0.2) is 0 Å². The number of amides is 2. The maximum atomic E-state index is 12.6. The van der Waals surface area contributed by atoms with Crippen LogP contribution in [0, 0.1) is 0 Å². The molecule has 1 aliphatic heterocycles. The number of nitrogens with zero attached hydrogens (tertiary/aromatic N) is 1. The molecule has 1 saturated heterocycles. The molecule has 0 bridgehead atoms. The fourth-order valence-corrected chi connectivity index (χ4v) is 3.62. The van der Waals surface area contributed by atoms with Gasteiger partial charge in [0.2, 0.25) is 5.91 Å². The molecule has 0 radical (unpaired) electrons. The van der Waals surface area contributed by atoms with Crippen molar-refractivity contribution in [3.63, 3.8) is 0 Å². The molecule has 1 heterocycles. The number of aliphatic carboxylic acids is 1. The number of carbonyl (C=O) groups is 4. The second-order valence-electron chi connectivity index (χ2n) is 5.34. The molecule has 1 aromatic carbocycles. The van der Waals surface area contributed by atoms with Crippen molar-refractivity contribution in [2.75, 3.05) is 0 Å². The summed E-state index contributed by atoms with van der Waals surface area (Å²) in [5.74, 6) is -3.61. The average Bonchev–Trinajstić information content (AvgIpc) is 2.82. The van der Waals surface area contributed by atoms with Crippen molar-refractivity contribution in [1.29, 1.82) is 0 Å². The van der Waals surface area contributed by atoms with Gasteiger partial charge in [-0.05, 0) is 30.2 Å². The van der Waals surface area contributed by atoms with Gasteiger partial charge in [-0.1, -0.05) is 36.1 Å². The van der Waals surface area contributed by atoms with Crippen LogP contribution in [-0.4, -0.2) is 49.2 Å². The lowest BCUT2D eigenvalue weighted by atomic mass is 10.1. The Morgan fingerprint density at radius 1 is 1.23 bits per heavy atom. The minimum atomic E-state index is -1.28. The van der Waals surface area contributed by atoms with Gasteiger partial charge in [0, 0.05) is 6.42 Å². The Hall–Kier alpha value is -2.72. The Labute approximate surface area is 157 Å². The molecule has 136 valence electrons. The summed E-state index contributed by atoms with van der Waals surface area (Å²) >= 11 is 6.05. The molecule has 1 fully saturated rings. The molecule has 4 N–H and O–H groups in total. The Morgan fingerprint density at radius 2 is 1.85 bits per heavy atom. The van der Waals surface area contributed by atoms with Crippen LogP contribution in [0.2, 0.25) is 0 Å². The number of thioether (sulfide) groups is 1. The number of hydrogen-bond acceptors (Lipinski definition) is 6. The van der Waals surface area contributed by atoms with Crippen LogP contribution in [0.15, 0.2) is 29.2 Å². The number of primary amides is 1. The molecule has 2 rings (SSSR count). The van der Waals surface area contributed by atoms with Gasteiger partial charge in [-0.3, -0.25) is 14.5 Å². The fraction of sp³-hybridized carbons (Fsp3) is 0.188. The summed E-state index contributed by atoms with van der Waals surface area (Å²) in [4.78, 5) is 47.0. The predicted molar refractivity (Wildman–Crippen MR) is 98.3 cm³/mol. The van der Waals surface area contributed by atoms with Gasteiger partial charge in [-0.15, -0.1) is 0 Å². The normalized spacial score (nSPS) is 16.8. The van der Waals surface area contributed by atoms with Crippen LogP contribution in [0.5, 0.6) is 0 Å². The van der Waals surface area contributed by atoms with Crippen LogP contribution in [0.1, 0.15) is 28.8 Å². The second-order valence-corrected chi connectivity index (χ2v) is 7.01. The van der Waals surface area contributed by atoms with E-state index < -0.39 is 29.8 Å². The van der Waals surface area contributed by atoms with Gasteiger partial charge in [0.1, 0.15) is 10.4 Å².